The average molecular weight is 1170 g/mol. The quantitative estimate of drug-likeness (QED) is 0.0241. The van der Waals surface area contributed by atoms with Gasteiger partial charge >= 0.3 is 47.8 Å². The molecule has 6 aromatic rings. The number of carbonyl (C=O) groups is 8. The Labute approximate surface area is 497 Å². The summed E-state index contributed by atoms with van der Waals surface area (Å²) in [4.78, 5) is 105. The van der Waals surface area contributed by atoms with Gasteiger partial charge in [-0.3, -0.25) is 0 Å². The number of ether oxygens (including phenoxy) is 10. The van der Waals surface area contributed by atoms with Gasteiger partial charge in [0.05, 0.1) is 96.6 Å². The van der Waals surface area contributed by atoms with Crippen LogP contribution in [0.5, 0.6) is 11.5 Å². The number of nitrogens with zero attached hydrogens (tertiary/aromatic N) is 2. The third kappa shape index (κ3) is 16.7. The topological polar surface area (TPSA) is 235 Å². The highest BCUT2D eigenvalue weighted by Gasteiger charge is 2.24. The molecule has 20 nitrogen and oxygen atoms in total. The molecule has 0 heterocycles. The van der Waals surface area contributed by atoms with Gasteiger partial charge in [-0.25, -0.2) is 38.4 Å². The molecule has 0 amide bonds. The first-order chi connectivity index (χ1) is 41.4. The first-order valence-electron chi connectivity index (χ1n) is 26.8. The fourth-order valence-corrected chi connectivity index (χ4v) is 8.04. The molecule has 0 fully saturated rings. The van der Waals surface area contributed by atoms with Gasteiger partial charge in [-0.2, -0.15) is 0 Å². The second-order valence-corrected chi connectivity index (χ2v) is 18.2. The van der Waals surface area contributed by atoms with Gasteiger partial charge in [0.2, 0.25) is 0 Å². The molecule has 0 aliphatic carbocycles. The third-order valence-corrected chi connectivity index (χ3v) is 12.4. The number of hydrogen-bond acceptors (Lipinski definition) is 20. The summed E-state index contributed by atoms with van der Waals surface area (Å²) in [5, 5.41) is 0. The minimum absolute atomic E-state index is 0.0309. The Morgan fingerprint density at radius 3 is 0.744 bits per heavy atom. The lowest BCUT2D eigenvalue weighted by molar-refractivity contribution is -0.139. The van der Waals surface area contributed by atoms with Gasteiger partial charge in [-0.15, -0.1) is 0 Å². The van der Waals surface area contributed by atoms with Gasteiger partial charge in [-0.05, 0) is 160 Å². The predicted molar refractivity (Wildman–Crippen MR) is 319 cm³/mol. The molecule has 0 bridgehead atoms. The number of hydrogen-bond donors (Lipinski definition) is 0. The SMILES string of the molecule is C=C(COC(=O)c1ccc(N(c2ccc(C(=O)OCC(=C)C(=O)OCC)cc2)c2ccc(-c3ccc(N(c4ccc(C(=O)OCC(=C)C(=O)OCC)cc4)c4ccc(C(=O)OCC(=C)C(=O)OCC)cc4)c(OC)c3)cc2OC)cc1)C(=O)OCC. The van der Waals surface area contributed by atoms with E-state index in [1.165, 1.54) is 14.2 Å². The van der Waals surface area contributed by atoms with Crippen LogP contribution in [0.4, 0.5) is 34.1 Å². The summed E-state index contributed by atoms with van der Waals surface area (Å²) >= 11 is 0. The highest BCUT2D eigenvalue weighted by Crippen LogP contribution is 2.45. The predicted octanol–water partition coefficient (Wildman–Crippen LogP) is 11.4. The lowest BCUT2D eigenvalue weighted by Gasteiger charge is -2.28. The van der Waals surface area contributed by atoms with Crippen molar-refractivity contribution in [2.45, 2.75) is 27.7 Å². The van der Waals surface area contributed by atoms with Gasteiger partial charge in [-0.1, -0.05) is 38.4 Å². The van der Waals surface area contributed by atoms with Crippen LogP contribution in [0, 0.1) is 0 Å². The molecule has 0 aromatic heterocycles. The summed E-state index contributed by atoms with van der Waals surface area (Å²) in [5.41, 5.74) is 5.19. The normalized spacial score (nSPS) is 10.4. The molecule has 0 aliphatic heterocycles. The second-order valence-electron chi connectivity index (χ2n) is 18.2. The minimum Gasteiger partial charge on any atom is -0.495 e. The molecule has 6 aromatic carbocycles. The smallest absolute Gasteiger partial charge is 0.338 e. The zero-order chi connectivity index (χ0) is 62.5. The Bertz CT molecular complexity index is 3100. The summed E-state index contributed by atoms with van der Waals surface area (Å²) in [6.45, 7) is 20.2. The fraction of sp³-hybridized carbons (Fsp3) is 0.212. The monoisotopic (exact) mass is 1170 g/mol. The third-order valence-electron chi connectivity index (χ3n) is 12.4. The van der Waals surface area contributed by atoms with Crippen molar-refractivity contribution in [2.75, 3.05) is 76.9 Å². The molecule has 0 saturated carbocycles. The number of benzene rings is 6. The van der Waals surface area contributed by atoms with Crippen molar-refractivity contribution in [2.24, 2.45) is 0 Å². The highest BCUT2D eigenvalue weighted by atomic mass is 16.6. The fourth-order valence-electron chi connectivity index (χ4n) is 8.04. The van der Waals surface area contributed by atoms with Crippen LogP contribution in [0.15, 0.2) is 182 Å². The van der Waals surface area contributed by atoms with E-state index < -0.39 is 47.8 Å². The summed E-state index contributed by atoms with van der Waals surface area (Å²) in [7, 11) is 3.01. The second kappa shape index (κ2) is 31.1. The minimum atomic E-state index is -0.714. The molecule has 0 radical (unpaired) electrons. The van der Waals surface area contributed by atoms with E-state index in [9.17, 15) is 38.4 Å². The highest BCUT2D eigenvalue weighted by molar-refractivity contribution is 5.97. The van der Waals surface area contributed by atoms with E-state index in [4.69, 9.17) is 47.4 Å². The number of anilines is 6. The van der Waals surface area contributed by atoms with Crippen molar-refractivity contribution in [3.8, 4) is 22.6 Å². The van der Waals surface area contributed by atoms with Crippen molar-refractivity contribution >= 4 is 81.9 Å². The van der Waals surface area contributed by atoms with E-state index in [2.05, 4.69) is 26.3 Å². The molecule has 446 valence electrons. The molecule has 0 atom stereocenters. The first-order valence-corrected chi connectivity index (χ1v) is 26.8. The molecule has 0 spiro atoms. The zero-order valence-corrected chi connectivity index (χ0v) is 48.4. The molecule has 86 heavy (non-hydrogen) atoms. The standard InChI is InChI=1S/C66H64N2O18/c1-11-79-59(69)41(5)37-83-63(73)45-15-25-51(26-16-45)67(52-27-17-46(18-28-52)64(74)84-38-42(6)60(70)80-12-2)55-33-23-49(35-57(55)77-9)50-24-34-56(58(36-50)78-10)68(53-29-19-47(20-30-53)65(75)85-39-43(7)61(71)81-13-3)54-31-21-48(22-32-54)66(76)86-40-44(8)62(72)82-14-4/h15-36H,5-8,11-14,37-40H2,1-4,9-10H3. The van der Waals surface area contributed by atoms with Crippen molar-refractivity contribution in [3.63, 3.8) is 0 Å². The van der Waals surface area contributed by atoms with Crippen LogP contribution >= 0.6 is 0 Å². The van der Waals surface area contributed by atoms with E-state index in [0.29, 0.717) is 56.8 Å². The largest absolute Gasteiger partial charge is 0.495 e. The van der Waals surface area contributed by atoms with Gasteiger partial charge in [0.15, 0.2) is 0 Å². The number of rotatable bonds is 29. The molecule has 6 rings (SSSR count). The first kappa shape index (κ1) is 64.4. The van der Waals surface area contributed by atoms with Crippen LogP contribution in [-0.4, -0.2) is 115 Å². The molecule has 0 N–H and O–H groups in total. The Kier molecular flexibility index (Phi) is 23.3. The molecular weight excluding hydrogens is 1110 g/mol. The van der Waals surface area contributed by atoms with E-state index in [0.717, 1.165) is 0 Å². The number of esters is 8. The molecule has 0 saturated heterocycles. The Morgan fingerprint density at radius 1 is 0.326 bits per heavy atom. The van der Waals surface area contributed by atoms with E-state index >= 15 is 0 Å². The van der Waals surface area contributed by atoms with E-state index in [1.807, 2.05) is 46.2 Å². The van der Waals surface area contributed by atoms with Gasteiger partial charge in [0, 0.05) is 22.7 Å². The van der Waals surface area contributed by atoms with Crippen LogP contribution in [0.2, 0.25) is 0 Å². The van der Waals surface area contributed by atoms with E-state index in [-0.39, 0.29) is 97.4 Å². The molecule has 20 heteroatoms. The van der Waals surface area contributed by atoms with Crippen LogP contribution in [-0.2, 0) is 57.1 Å². The molecular formula is C66H64N2O18. The van der Waals surface area contributed by atoms with Gasteiger partial charge in [0.1, 0.15) is 37.9 Å². The molecule has 0 unspecified atom stereocenters. The Hall–Kier alpha value is -10.8. The van der Waals surface area contributed by atoms with E-state index in [1.54, 1.807) is 125 Å². The van der Waals surface area contributed by atoms with Crippen molar-refractivity contribution in [1.82, 2.24) is 0 Å². The maximum Gasteiger partial charge on any atom is 0.338 e. The summed E-state index contributed by atoms with van der Waals surface area (Å²) < 4.78 is 53.4. The van der Waals surface area contributed by atoms with Crippen LogP contribution in [0.1, 0.15) is 69.1 Å². The molecule has 0 aliphatic rings. The van der Waals surface area contributed by atoms with Crippen molar-refractivity contribution in [1.29, 1.82) is 0 Å². The average Bonchev–Trinajstić information content (AvgIpc) is 2.34. The van der Waals surface area contributed by atoms with Crippen molar-refractivity contribution < 1.29 is 85.7 Å². The van der Waals surface area contributed by atoms with Gasteiger partial charge < -0.3 is 57.2 Å². The Balaban J connectivity index is 1.36. The number of methoxy groups -OCH3 is 2. The van der Waals surface area contributed by atoms with Gasteiger partial charge in [0.25, 0.3) is 0 Å². The summed E-state index contributed by atoms with van der Waals surface area (Å²) in [6, 6.07) is 36.8. The lowest BCUT2D eigenvalue weighted by atomic mass is 10.0. The maximum absolute atomic E-state index is 13.2. The van der Waals surface area contributed by atoms with Crippen LogP contribution in [0.3, 0.4) is 0 Å². The summed E-state index contributed by atoms with van der Waals surface area (Å²) in [6.07, 6.45) is 0. The van der Waals surface area contributed by atoms with Crippen LogP contribution in [0.25, 0.3) is 11.1 Å². The maximum atomic E-state index is 13.2. The summed E-state index contributed by atoms with van der Waals surface area (Å²) in [5.74, 6) is -4.81. The lowest BCUT2D eigenvalue weighted by Crippen LogP contribution is -2.16. The Morgan fingerprint density at radius 2 is 0.547 bits per heavy atom. The van der Waals surface area contributed by atoms with Crippen LogP contribution < -0.4 is 19.3 Å². The number of carbonyl (C=O) groups excluding carboxylic acids is 8. The van der Waals surface area contributed by atoms with Crippen molar-refractivity contribution in [3.05, 3.63) is 204 Å². The zero-order valence-electron chi connectivity index (χ0n) is 48.4.